The van der Waals surface area contributed by atoms with Gasteiger partial charge in [-0.1, -0.05) is 67.3 Å². The highest BCUT2D eigenvalue weighted by molar-refractivity contribution is 5.86. The molecule has 0 aromatic heterocycles. The summed E-state index contributed by atoms with van der Waals surface area (Å²) in [6.45, 7) is 11.9. The van der Waals surface area contributed by atoms with E-state index in [1.807, 2.05) is 70.2 Å². The zero-order chi connectivity index (χ0) is 21.5. The van der Waals surface area contributed by atoms with Crippen molar-refractivity contribution in [3.63, 3.8) is 0 Å². The minimum Gasteiger partial charge on any atom is -0.490 e. The van der Waals surface area contributed by atoms with Crippen LogP contribution in [-0.4, -0.2) is 12.2 Å². The van der Waals surface area contributed by atoms with E-state index in [2.05, 4.69) is 43.0 Å². The lowest BCUT2D eigenvalue weighted by Gasteiger charge is -2.13. The van der Waals surface area contributed by atoms with Gasteiger partial charge >= 0.3 is 0 Å². The molecule has 4 aromatic carbocycles. The van der Waals surface area contributed by atoms with Gasteiger partial charge in [-0.25, -0.2) is 0 Å². The average Bonchev–Trinajstić information content (AvgIpc) is 2.73. The van der Waals surface area contributed by atoms with Gasteiger partial charge in [-0.05, 0) is 61.4 Å². The van der Waals surface area contributed by atoms with Crippen LogP contribution in [0.5, 0.6) is 11.5 Å². The van der Waals surface area contributed by atoms with Crippen molar-refractivity contribution in [3.05, 3.63) is 91.0 Å². The fourth-order valence-corrected chi connectivity index (χ4v) is 3.07. The minimum absolute atomic E-state index is 0.149. The first-order chi connectivity index (χ1) is 14.5. The molecule has 0 aliphatic heterocycles. The monoisotopic (exact) mass is 396 g/mol. The molecule has 152 valence electrons. The molecular formula is C28H28O2. The molecule has 0 bridgehead atoms. The van der Waals surface area contributed by atoms with E-state index >= 15 is 0 Å². The molecule has 0 fully saturated rings. The highest BCUT2D eigenvalue weighted by Crippen LogP contribution is 2.27. The molecule has 0 heterocycles. The Kier molecular flexibility index (Phi) is 7.13. The van der Waals surface area contributed by atoms with Crippen LogP contribution in [0.25, 0.3) is 27.6 Å². The first-order valence-electron chi connectivity index (χ1n) is 10.3. The summed E-state index contributed by atoms with van der Waals surface area (Å²) in [4.78, 5) is 0. The van der Waals surface area contributed by atoms with Crippen molar-refractivity contribution in [1.29, 1.82) is 0 Å². The van der Waals surface area contributed by atoms with Gasteiger partial charge in [0, 0.05) is 17.7 Å². The standard InChI is InChI=1S/C15H15O.C13H13O/c1-4-12-9-13-7-5-6-8-14(13)10-15(12)16-11(2)3;1-10(2)14-13-8-7-11-5-3-4-6-12(11)9-13/h4-9,11H,1H2,2-3H3;3-8,10H,1-2H3. The van der Waals surface area contributed by atoms with Crippen LogP contribution in [0.4, 0.5) is 0 Å². The summed E-state index contributed by atoms with van der Waals surface area (Å²) in [6.07, 6.45) is 2.16. The van der Waals surface area contributed by atoms with Gasteiger partial charge < -0.3 is 9.47 Å². The second-order valence-electron chi connectivity index (χ2n) is 7.59. The third-order valence-electron chi connectivity index (χ3n) is 4.35. The van der Waals surface area contributed by atoms with Gasteiger partial charge in [0.2, 0.25) is 0 Å². The van der Waals surface area contributed by atoms with Crippen molar-refractivity contribution in [2.24, 2.45) is 0 Å². The Balaban J connectivity index is 0.000000172. The van der Waals surface area contributed by atoms with Crippen molar-refractivity contribution in [1.82, 2.24) is 0 Å². The second-order valence-corrected chi connectivity index (χ2v) is 7.59. The molecule has 0 saturated heterocycles. The lowest BCUT2D eigenvalue weighted by molar-refractivity contribution is 0.241. The molecule has 0 atom stereocenters. The highest BCUT2D eigenvalue weighted by Gasteiger charge is 2.05. The molecule has 0 unspecified atom stereocenters. The maximum absolute atomic E-state index is 5.72. The number of ether oxygens (including phenoxy) is 2. The molecule has 0 aliphatic carbocycles. The van der Waals surface area contributed by atoms with Gasteiger partial charge in [-0.2, -0.15) is 0 Å². The molecule has 0 N–H and O–H groups in total. The summed E-state index contributed by atoms with van der Waals surface area (Å²) in [5.41, 5.74) is 0.993. The van der Waals surface area contributed by atoms with Gasteiger partial charge in [0.1, 0.15) is 11.5 Å². The van der Waals surface area contributed by atoms with Crippen LogP contribution in [0.2, 0.25) is 0 Å². The first kappa shape index (κ1) is 21.4. The Morgan fingerprint density at radius 2 is 1.33 bits per heavy atom. The third kappa shape index (κ3) is 5.64. The first-order valence-corrected chi connectivity index (χ1v) is 10.3. The van der Waals surface area contributed by atoms with Gasteiger partial charge in [0.15, 0.2) is 0 Å². The summed E-state index contributed by atoms with van der Waals surface area (Å²) in [5.74, 6) is 1.60. The summed E-state index contributed by atoms with van der Waals surface area (Å²) in [7, 11) is 0. The molecule has 0 spiro atoms. The van der Waals surface area contributed by atoms with E-state index in [-0.39, 0.29) is 12.2 Å². The fourth-order valence-electron chi connectivity index (χ4n) is 3.07. The molecule has 30 heavy (non-hydrogen) atoms. The third-order valence-corrected chi connectivity index (χ3v) is 4.35. The quantitative estimate of drug-likeness (QED) is 0.348. The lowest BCUT2D eigenvalue weighted by atomic mass is 10.1. The summed E-state index contributed by atoms with van der Waals surface area (Å²) < 4.78 is 11.3. The predicted octanol–water partition coefficient (Wildman–Crippen LogP) is 7.50. The van der Waals surface area contributed by atoms with Gasteiger partial charge in [0.25, 0.3) is 0 Å². The molecule has 2 heteroatoms. The van der Waals surface area contributed by atoms with Crippen LogP contribution in [-0.2, 0) is 0 Å². The zero-order valence-corrected chi connectivity index (χ0v) is 18.1. The second kappa shape index (κ2) is 9.98. The van der Waals surface area contributed by atoms with E-state index < -0.39 is 0 Å². The molecular weight excluding hydrogens is 368 g/mol. The molecule has 2 radical (unpaired) electrons. The van der Waals surface area contributed by atoms with E-state index in [9.17, 15) is 0 Å². The van der Waals surface area contributed by atoms with Gasteiger partial charge in [-0.15, -0.1) is 0 Å². The number of hydrogen-bond acceptors (Lipinski definition) is 2. The van der Waals surface area contributed by atoms with Crippen molar-refractivity contribution < 1.29 is 9.47 Å². The molecule has 0 amide bonds. The predicted molar refractivity (Wildman–Crippen MR) is 127 cm³/mol. The summed E-state index contributed by atoms with van der Waals surface area (Å²) in [5, 5.41) is 4.53. The Bertz CT molecular complexity index is 1130. The van der Waals surface area contributed by atoms with Crippen LogP contribution in [0.1, 0.15) is 33.3 Å². The number of fused-ring (bicyclic) bond motifs is 2. The fraction of sp³-hybridized carbons (Fsp3) is 0.214. The van der Waals surface area contributed by atoms with E-state index in [0.717, 1.165) is 33.2 Å². The zero-order valence-electron chi connectivity index (χ0n) is 18.1. The van der Waals surface area contributed by atoms with Crippen molar-refractivity contribution in [2.45, 2.75) is 39.9 Å². The van der Waals surface area contributed by atoms with Crippen LogP contribution >= 0.6 is 0 Å². The highest BCUT2D eigenvalue weighted by atomic mass is 16.5. The number of hydrogen-bond donors (Lipinski definition) is 0. The van der Waals surface area contributed by atoms with Gasteiger partial charge in [-0.3, -0.25) is 0 Å². The molecule has 0 aliphatic rings. The Morgan fingerprint density at radius 1 is 0.733 bits per heavy atom. The van der Waals surface area contributed by atoms with E-state index in [4.69, 9.17) is 9.47 Å². The normalized spacial score (nSPS) is 10.7. The van der Waals surface area contributed by atoms with Gasteiger partial charge in [0.05, 0.1) is 12.2 Å². The van der Waals surface area contributed by atoms with Crippen molar-refractivity contribution >= 4 is 27.6 Å². The van der Waals surface area contributed by atoms with E-state index in [1.165, 1.54) is 5.39 Å². The van der Waals surface area contributed by atoms with E-state index in [1.54, 1.807) is 6.08 Å². The topological polar surface area (TPSA) is 18.5 Å². The van der Waals surface area contributed by atoms with Crippen LogP contribution in [0.3, 0.4) is 0 Å². The maximum atomic E-state index is 5.72. The Labute approximate surface area is 179 Å². The Morgan fingerprint density at radius 3 is 1.97 bits per heavy atom. The molecule has 2 nitrogen and oxygen atoms in total. The SMILES string of the molecule is C=Cc1cc2ccccc2[c]c1OC(C)C.CC(C)Oc1[c]c2ccccc2cc1. The van der Waals surface area contributed by atoms with Crippen molar-refractivity contribution in [3.8, 4) is 11.5 Å². The summed E-state index contributed by atoms with van der Waals surface area (Å²) >= 11 is 0. The van der Waals surface area contributed by atoms with Crippen LogP contribution in [0.15, 0.2) is 73.3 Å². The molecule has 4 aromatic rings. The van der Waals surface area contributed by atoms with Crippen LogP contribution in [0, 0.1) is 12.1 Å². The smallest absolute Gasteiger partial charge is 0.135 e. The lowest BCUT2D eigenvalue weighted by Crippen LogP contribution is -2.06. The van der Waals surface area contributed by atoms with Crippen molar-refractivity contribution in [2.75, 3.05) is 0 Å². The molecule has 0 saturated carbocycles. The molecule has 4 rings (SSSR count). The van der Waals surface area contributed by atoms with Crippen LogP contribution < -0.4 is 9.47 Å². The Hall–Kier alpha value is -3.26. The summed E-state index contributed by atoms with van der Waals surface area (Å²) in [6, 6.07) is 28.9. The average molecular weight is 397 g/mol. The minimum atomic E-state index is 0.149. The maximum Gasteiger partial charge on any atom is 0.135 e. The number of benzene rings is 4. The largest absolute Gasteiger partial charge is 0.490 e. The number of rotatable bonds is 5. The van der Waals surface area contributed by atoms with E-state index in [0.29, 0.717) is 0 Å².